The Morgan fingerprint density at radius 2 is 1.86 bits per heavy atom. The lowest BCUT2D eigenvalue weighted by Crippen LogP contribution is -2.53. The topological polar surface area (TPSA) is 83.0 Å². The van der Waals surface area contributed by atoms with Crippen LogP contribution in [0.3, 0.4) is 0 Å². The van der Waals surface area contributed by atoms with Gasteiger partial charge in [-0.1, -0.05) is 0 Å². The first-order chi connectivity index (χ1) is 13.5. The number of H-pyrrole nitrogens is 1. The quantitative estimate of drug-likeness (QED) is 0.637. The first-order valence-corrected chi connectivity index (χ1v) is 8.42. The number of benzene rings is 1. The molecule has 0 bridgehead atoms. The lowest BCUT2D eigenvalue weighted by Gasteiger charge is -2.38. The Morgan fingerprint density at radius 1 is 1.21 bits per heavy atom. The molecule has 6 nitrogen and oxygen atoms in total. The third-order valence-electron chi connectivity index (χ3n) is 4.61. The molecule has 0 saturated carbocycles. The highest BCUT2D eigenvalue weighted by molar-refractivity contribution is 5.66. The molecule has 1 aliphatic rings. The molecule has 160 valence electrons. The zero-order valence-electron chi connectivity index (χ0n) is 14.5. The average Bonchev–Trinajstić information content (AvgIpc) is 3.04. The summed E-state index contributed by atoms with van der Waals surface area (Å²) in [7, 11) is 0. The molecule has 0 amide bonds. The maximum absolute atomic E-state index is 15.1. The van der Waals surface area contributed by atoms with Gasteiger partial charge in [-0.25, -0.2) is 27.5 Å². The fraction of sp³-hybridized carbons (Fsp3) is 0.500. The third kappa shape index (κ3) is 4.38. The molecular formula is C16H15F7N4O2. The number of aromatic nitrogens is 2. The van der Waals surface area contributed by atoms with Crippen LogP contribution in [0.1, 0.15) is 18.4 Å². The van der Waals surface area contributed by atoms with Crippen LogP contribution >= 0.6 is 0 Å². The van der Waals surface area contributed by atoms with Gasteiger partial charge in [0.15, 0.2) is 0 Å². The predicted octanol–water partition coefficient (Wildman–Crippen LogP) is 3.33. The van der Waals surface area contributed by atoms with E-state index in [0.717, 1.165) is 0 Å². The van der Waals surface area contributed by atoms with E-state index >= 15 is 4.39 Å². The fourth-order valence-corrected chi connectivity index (χ4v) is 3.22. The molecule has 1 aliphatic heterocycles. The van der Waals surface area contributed by atoms with Crippen LogP contribution in [-0.2, 0) is 6.18 Å². The number of halogens is 7. The number of piperidine rings is 1. The Bertz CT molecular complexity index is 919. The van der Waals surface area contributed by atoms with E-state index in [0.29, 0.717) is 12.1 Å². The van der Waals surface area contributed by atoms with Crippen molar-refractivity contribution in [2.45, 2.75) is 37.2 Å². The number of hydrogen-bond donors (Lipinski definition) is 3. The normalized spacial score (nSPS) is 18.1. The molecule has 1 aromatic heterocycles. The molecule has 13 heteroatoms. The highest BCUT2D eigenvalue weighted by Gasteiger charge is 2.47. The smallest absolute Gasteiger partial charge is 0.388 e. The highest BCUT2D eigenvalue weighted by Crippen LogP contribution is 2.41. The van der Waals surface area contributed by atoms with Crippen LogP contribution < -0.4 is 16.4 Å². The largest absolute Gasteiger partial charge is 0.434 e. The van der Waals surface area contributed by atoms with Crippen molar-refractivity contribution >= 4 is 5.69 Å². The molecule has 0 spiro atoms. The Hall–Kier alpha value is -2.57. The summed E-state index contributed by atoms with van der Waals surface area (Å²) in [6.45, 7) is 0.112. The van der Waals surface area contributed by atoms with E-state index in [4.69, 9.17) is 0 Å². The monoisotopic (exact) mass is 428 g/mol. The van der Waals surface area contributed by atoms with Gasteiger partial charge in [0, 0.05) is 5.56 Å². The summed E-state index contributed by atoms with van der Waals surface area (Å²) < 4.78 is 101. The number of alkyl halides is 6. The minimum atomic E-state index is -5.26. The highest BCUT2D eigenvalue weighted by atomic mass is 19.4. The minimum absolute atomic E-state index is 0.0559. The maximum Gasteiger partial charge on any atom is 0.434 e. The maximum atomic E-state index is 15.1. The summed E-state index contributed by atoms with van der Waals surface area (Å²) >= 11 is 0. The molecule has 1 unspecified atom stereocenters. The second-order valence-corrected chi connectivity index (χ2v) is 6.54. The molecule has 0 radical (unpaired) electrons. The van der Waals surface area contributed by atoms with E-state index < -0.39 is 58.6 Å². The molecule has 3 rings (SSSR count). The minimum Gasteiger partial charge on any atom is -0.388 e. The summed E-state index contributed by atoms with van der Waals surface area (Å²) in [5.74, 6) is -3.44. The number of hydrogen-bond acceptors (Lipinski definition) is 5. The molecule has 3 N–H and O–H groups in total. The second-order valence-electron chi connectivity index (χ2n) is 6.54. The van der Waals surface area contributed by atoms with Crippen molar-refractivity contribution in [1.82, 2.24) is 15.5 Å². The van der Waals surface area contributed by atoms with Gasteiger partial charge in [0.1, 0.15) is 23.1 Å². The van der Waals surface area contributed by atoms with Crippen molar-refractivity contribution in [2.24, 2.45) is 0 Å². The van der Waals surface area contributed by atoms with E-state index in [-0.39, 0.29) is 25.9 Å². The number of nitrogens with zero attached hydrogens (tertiary/aromatic N) is 1. The fourth-order valence-electron chi connectivity index (χ4n) is 3.22. The zero-order chi connectivity index (χ0) is 21.4. The zero-order valence-corrected chi connectivity index (χ0v) is 14.5. The summed E-state index contributed by atoms with van der Waals surface area (Å²) in [6.07, 6.45) is -9.38. The molecule has 29 heavy (non-hydrogen) atoms. The standard InChI is InChI=1S/C16H15F7N4O2/c17-8-5-7(13-26-27-14(28)29-13)6-9(10(8)16(21,22)23)25-11(12(18)19)15(20)1-3-24-4-2-15/h5-6,11-12,24-25H,1-4H2,(H,27,28). The molecule has 1 fully saturated rings. The van der Waals surface area contributed by atoms with Crippen molar-refractivity contribution in [3.8, 4) is 11.5 Å². The second kappa shape index (κ2) is 7.69. The van der Waals surface area contributed by atoms with Crippen LogP contribution in [0.25, 0.3) is 11.5 Å². The van der Waals surface area contributed by atoms with Crippen LogP contribution in [0.15, 0.2) is 21.3 Å². The average molecular weight is 428 g/mol. The van der Waals surface area contributed by atoms with Crippen LogP contribution in [-0.4, -0.2) is 41.4 Å². The lowest BCUT2D eigenvalue weighted by atomic mass is 9.86. The molecule has 0 aliphatic carbocycles. The van der Waals surface area contributed by atoms with Crippen molar-refractivity contribution in [2.75, 3.05) is 18.4 Å². The molecule has 2 heterocycles. The number of nitrogens with one attached hydrogen (secondary N) is 3. The van der Waals surface area contributed by atoms with E-state index in [1.54, 1.807) is 0 Å². The summed E-state index contributed by atoms with van der Waals surface area (Å²) in [4.78, 5) is 11.0. The van der Waals surface area contributed by atoms with Gasteiger partial charge in [0.2, 0.25) is 5.89 Å². The van der Waals surface area contributed by atoms with Crippen LogP contribution in [0.5, 0.6) is 0 Å². The van der Waals surface area contributed by atoms with Crippen molar-refractivity contribution in [3.05, 3.63) is 34.1 Å². The predicted molar refractivity (Wildman–Crippen MR) is 86.9 cm³/mol. The lowest BCUT2D eigenvalue weighted by molar-refractivity contribution is -0.139. The first kappa shape index (κ1) is 21.1. The van der Waals surface area contributed by atoms with Crippen molar-refractivity contribution < 1.29 is 35.2 Å². The van der Waals surface area contributed by atoms with E-state index in [1.807, 2.05) is 10.4 Å². The van der Waals surface area contributed by atoms with Crippen molar-refractivity contribution in [3.63, 3.8) is 0 Å². The molecular weight excluding hydrogens is 413 g/mol. The van der Waals surface area contributed by atoms with Gasteiger partial charge < -0.3 is 15.1 Å². The van der Waals surface area contributed by atoms with Gasteiger partial charge in [0.05, 0.1) is 5.69 Å². The number of rotatable bonds is 5. The molecule has 1 atom stereocenters. The third-order valence-corrected chi connectivity index (χ3v) is 4.61. The Morgan fingerprint density at radius 3 is 2.38 bits per heavy atom. The Labute approximate surface area is 158 Å². The van der Waals surface area contributed by atoms with E-state index in [2.05, 4.69) is 14.8 Å². The number of anilines is 1. The van der Waals surface area contributed by atoms with Gasteiger partial charge in [-0.15, -0.1) is 5.10 Å². The van der Waals surface area contributed by atoms with Gasteiger partial charge in [-0.2, -0.15) is 13.2 Å². The van der Waals surface area contributed by atoms with Crippen molar-refractivity contribution in [1.29, 1.82) is 0 Å². The van der Waals surface area contributed by atoms with E-state index in [9.17, 15) is 31.1 Å². The van der Waals surface area contributed by atoms with Gasteiger partial charge in [0.25, 0.3) is 6.43 Å². The van der Waals surface area contributed by atoms with Crippen LogP contribution in [0, 0.1) is 5.82 Å². The molecule has 2 aromatic rings. The van der Waals surface area contributed by atoms with Gasteiger partial charge in [-0.05, 0) is 38.1 Å². The van der Waals surface area contributed by atoms with Gasteiger partial charge >= 0.3 is 11.9 Å². The van der Waals surface area contributed by atoms with Gasteiger partial charge in [-0.3, -0.25) is 0 Å². The summed E-state index contributed by atoms with van der Waals surface area (Å²) in [6, 6.07) is -1.31. The van der Waals surface area contributed by atoms with E-state index in [1.165, 1.54) is 0 Å². The Balaban J connectivity index is 2.09. The Kier molecular flexibility index (Phi) is 5.61. The number of aromatic amines is 1. The summed E-state index contributed by atoms with van der Waals surface area (Å²) in [5.41, 5.74) is -5.93. The van der Waals surface area contributed by atoms with Crippen LogP contribution in [0.2, 0.25) is 0 Å². The molecule has 1 aromatic carbocycles. The summed E-state index contributed by atoms with van der Waals surface area (Å²) in [5, 5.41) is 9.83. The van der Waals surface area contributed by atoms with Crippen LogP contribution in [0.4, 0.5) is 36.4 Å². The first-order valence-electron chi connectivity index (χ1n) is 8.42. The molecule has 1 saturated heterocycles. The SMILES string of the molecule is O=c1[nH]nc(-c2cc(F)c(C(F)(F)F)c(NC(C(F)F)C3(F)CCNCC3)c2)o1.